The molecule has 0 aliphatic rings. The fourth-order valence-electron chi connectivity index (χ4n) is 2.49. The van der Waals surface area contributed by atoms with Crippen LogP contribution in [0.5, 0.6) is 11.5 Å². The lowest BCUT2D eigenvalue weighted by Gasteiger charge is -2.25. The van der Waals surface area contributed by atoms with E-state index >= 15 is 0 Å². The van der Waals surface area contributed by atoms with Gasteiger partial charge in [-0.1, -0.05) is 13.8 Å². The zero-order valence-corrected chi connectivity index (χ0v) is 12.1. The molecular weight excluding hydrogens is 226 g/mol. The molecule has 1 rings (SSSR count). The Morgan fingerprint density at radius 2 is 1.83 bits per heavy atom. The van der Waals surface area contributed by atoms with Crippen molar-refractivity contribution >= 4 is 0 Å². The fraction of sp³-hybridized carbons (Fsp3) is 0.600. The van der Waals surface area contributed by atoms with E-state index in [1.807, 2.05) is 6.07 Å². The van der Waals surface area contributed by atoms with Gasteiger partial charge in [0.1, 0.15) is 11.5 Å². The molecule has 102 valence electrons. The minimum Gasteiger partial charge on any atom is -0.497 e. The first kappa shape index (κ1) is 14.8. The topological polar surface area (TPSA) is 44.5 Å². The van der Waals surface area contributed by atoms with Gasteiger partial charge in [-0.25, -0.2) is 0 Å². The molecule has 1 atom stereocenters. The maximum Gasteiger partial charge on any atom is 0.126 e. The molecule has 0 saturated heterocycles. The van der Waals surface area contributed by atoms with Crippen LogP contribution in [0.3, 0.4) is 0 Å². The van der Waals surface area contributed by atoms with Crippen LogP contribution in [0.25, 0.3) is 0 Å². The van der Waals surface area contributed by atoms with Crippen LogP contribution in [0.1, 0.15) is 37.3 Å². The Morgan fingerprint density at radius 1 is 1.17 bits per heavy atom. The van der Waals surface area contributed by atoms with Gasteiger partial charge in [-0.05, 0) is 43.4 Å². The molecule has 3 nitrogen and oxygen atoms in total. The van der Waals surface area contributed by atoms with E-state index in [0.717, 1.165) is 17.9 Å². The van der Waals surface area contributed by atoms with Crippen molar-refractivity contribution in [3.8, 4) is 11.5 Å². The maximum absolute atomic E-state index is 5.74. The molecular formula is C15H25NO2. The molecule has 0 saturated carbocycles. The molecule has 18 heavy (non-hydrogen) atoms. The third-order valence-electron chi connectivity index (χ3n) is 3.43. The summed E-state index contributed by atoms with van der Waals surface area (Å²) >= 11 is 0. The van der Waals surface area contributed by atoms with Crippen LogP contribution < -0.4 is 15.2 Å². The number of hydrogen-bond acceptors (Lipinski definition) is 3. The van der Waals surface area contributed by atoms with E-state index in [2.05, 4.69) is 26.8 Å². The minimum absolute atomic E-state index is 0.427. The number of rotatable bonds is 6. The van der Waals surface area contributed by atoms with Crippen LogP contribution in [0.15, 0.2) is 12.1 Å². The molecule has 0 fully saturated rings. The van der Waals surface area contributed by atoms with Crippen molar-refractivity contribution in [3.05, 3.63) is 23.3 Å². The summed E-state index contributed by atoms with van der Waals surface area (Å²) in [5, 5.41) is 0. The zero-order valence-electron chi connectivity index (χ0n) is 12.1. The Balaban J connectivity index is 3.27. The molecule has 0 amide bonds. The van der Waals surface area contributed by atoms with Gasteiger partial charge in [-0.3, -0.25) is 0 Å². The molecule has 1 aromatic carbocycles. The molecule has 0 bridgehead atoms. The van der Waals surface area contributed by atoms with Crippen molar-refractivity contribution in [1.82, 2.24) is 0 Å². The summed E-state index contributed by atoms with van der Waals surface area (Å²) in [5.74, 6) is 2.70. The number of benzene rings is 1. The van der Waals surface area contributed by atoms with Crippen molar-refractivity contribution in [2.75, 3.05) is 20.8 Å². The monoisotopic (exact) mass is 251 g/mol. The Labute approximate surface area is 110 Å². The number of methoxy groups -OCH3 is 2. The van der Waals surface area contributed by atoms with Gasteiger partial charge in [0.2, 0.25) is 0 Å². The third-order valence-corrected chi connectivity index (χ3v) is 3.43. The lowest BCUT2D eigenvalue weighted by atomic mass is 9.83. The van der Waals surface area contributed by atoms with Gasteiger partial charge in [0.25, 0.3) is 0 Å². The van der Waals surface area contributed by atoms with Gasteiger partial charge >= 0.3 is 0 Å². The Kier molecular flexibility index (Phi) is 5.48. The summed E-state index contributed by atoms with van der Waals surface area (Å²) in [6, 6.07) is 4.01. The molecule has 0 aromatic heterocycles. The summed E-state index contributed by atoms with van der Waals surface area (Å²) in [4.78, 5) is 0. The third kappa shape index (κ3) is 3.16. The molecule has 0 radical (unpaired) electrons. The quantitative estimate of drug-likeness (QED) is 0.845. The van der Waals surface area contributed by atoms with E-state index in [-0.39, 0.29) is 0 Å². The first-order valence-electron chi connectivity index (χ1n) is 6.47. The van der Waals surface area contributed by atoms with Crippen LogP contribution >= 0.6 is 0 Å². The van der Waals surface area contributed by atoms with Crippen LogP contribution in [-0.2, 0) is 0 Å². The molecule has 0 aliphatic carbocycles. The SMILES string of the molecule is COc1cc(C)c(C(CCN)C(C)C)c(OC)c1. The second kappa shape index (κ2) is 6.64. The average molecular weight is 251 g/mol. The minimum atomic E-state index is 0.427. The standard InChI is InChI=1S/C15H25NO2/c1-10(2)13(6-7-16)15-11(3)8-12(17-4)9-14(15)18-5/h8-10,13H,6-7,16H2,1-5H3. The van der Waals surface area contributed by atoms with Crippen molar-refractivity contribution in [2.45, 2.75) is 33.1 Å². The maximum atomic E-state index is 5.74. The molecule has 0 spiro atoms. The molecule has 0 aliphatic heterocycles. The van der Waals surface area contributed by atoms with Gasteiger partial charge in [0.15, 0.2) is 0 Å². The van der Waals surface area contributed by atoms with Crippen molar-refractivity contribution in [1.29, 1.82) is 0 Å². The van der Waals surface area contributed by atoms with Crippen molar-refractivity contribution < 1.29 is 9.47 Å². The van der Waals surface area contributed by atoms with E-state index in [4.69, 9.17) is 15.2 Å². The number of nitrogens with two attached hydrogens (primary N) is 1. The largest absolute Gasteiger partial charge is 0.497 e. The van der Waals surface area contributed by atoms with E-state index in [9.17, 15) is 0 Å². The van der Waals surface area contributed by atoms with Crippen LogP contribution in [0, 0.1) is 12.8 Å². The van der Waals surface area contributed by atoms with E-state index < -0.39 is 0 Å². The highest BCUT2D eigenvalue weighted by Crippen LogP contribution is 2.38. The normalized spacial score (nSPS) is 12.6. The number of aryl methyl sites for hydroxylation is 1. The Bertz CT molecular complexity index is 388. The summed E-state index contributed by atoms with van der Waals surface area (Å²) in [5.41, 5.74) is 8.21. The first-order chi connectivity index (χ1) is 8.54. The van der Waals surface area contributed by atoms with Crippen molar-refractivity contribution in [2.24, 2.45) is 11.7 Å². The lowest BCUT2D eigenvalue weighted by molar-refractivity contribution is 0.377. The smallest absolute Gasteiger partial charge is 0.126 e. The predicted molar refractivity (Wildman–Crippen MR) is 75.5 cm³/mol. The first-order valence-corrected chi connectivity index (χ1v) is 6.47. The second-order valence-electron chi connectivity index (χ2n) is 4.99. The molecule has 3 heteroatoms. The van der Waals surface area contributed by atoms with E-state index in [1.54, 1.807) is 14.2 Å². The fourth-order valence-corrected chi connectivity index (χ4v) is 2.49. The summed E-state index contributed by atoms with van der Waals surface area (Å²) in [7, 11) is 3.38. The van der Waals surface area contributed by atoms with E-state index in [1.165, 1.54) is 11.1 Å². The molecule has 1 aromatic rings. The van der Waals surface area contributed by atoms with Gasteiger partial charge in [-0.2, -0.15) is 0 Å². The van der Waals surface area contributed by atoms with E-state index in [0.29, 0.717) is 18.4 Å². The van der Waals surface area contributed by atoms with Crippen LogP contribution in [-0.4, -0.2) is 20.8 Å². The average Bonchev–Trinajstić information content (AvgIpc) is 2.35. The second-order valence-corrected chi connectivity index (χ2v) is 4.99. The van der Waals surface area contributed by atoms with Crippen LogP contribution in [0.4, 0.5) is 0 Å². The highest BCUT2D eigenvalue weighted by atomic mass is 16.5. The summed E-state index contributed by atoms with van der Waals surface area (Å²) < 4.78 is 10.8. The van der Waals surface area contributed by atoms with Crippen LogP contribution in [0.2, 0.25) is 0 Å². The number of hydrogen-bond donors (Lipinski definition) is 1. The zero-order chi connectivity index (χ0) is 13.7. The molecule has 2 N–H and O–H groups in total. The van der Waals surface area contributed by atoms with Crippen molar-refractivity contribution in [3.63, 3.8) is 0 Å². The number of ether oxygens (including phenoxy) is 2. The van der Waals surface area contributed by atoms with Gasteiger partial charge < -0.3 is 15.2 Å². The summed E-state index contributed by atoms with van der Waals surface area (Å²) in [6.07, 6.45) is 0.973. The Hall–Kier alpha value is -1.22. The van der Waals surface area contributed by atoms with Gasteiger partial charge in [0, 0.05) is 11.6 Å². The predicted octanol–water partition coefficient (Wildman–Crippen LogP) is 3.10. The highest BCUT2D eigenvalue weighted by Gasteiger charge is 2.22. The molecule has 0 heterocycles. The highest BCUT2D eigenvalue weighted by molar-refractivity contribution is 5.48. The molecule has 1 unspecified atom stereocenters. The van der Waals surface area contributed by atoms with Gasteiger partial charge in [0.05, 0.1) is 14.2 Å². The lowest BCUT2D eigenvalue weighted by Crippen LogP contribution is -2.15. The van der Waals surface area contributed by atoms with Gasteiger partial charge in [-0.15, -0.1) is 0 Å². The Morgan fingerprint density at radius 3 is 2.28 bits per heavy atom. The summed E-state index contributed by atoms with van der Waals surface area (Å²) in [6.45, 7) is 7.25.